The average Bonchev–Trinajstić information content (AvgIpc) is 2.77. The number of benzene rings is 2. The van der Waals surface area contributed by atoms with Gasteiger partial charge in [0.1, 0.15) is 0 Å². The summed E-state index contributed by atoms with van der Waals surface area (Å²) in [6, 6.07) is 15.7. The quantitative estimate of drug-likeness (QED) is 0.332. The van der Waals surface area contributed by atoms with Crippen LogP contribution in [0.5, 0.6) is 0 Å². The lowest BCUT2D eigenvalue weighted by molar-refractivity contribution is -0.141. The Morgan fingerprint density at radius 1 is 0.935 bits per heavy atom. The third kappa shape index (κ3) is 8.77. The molecule has 31 heavy (non-hydrogen) atoms. The van der Waals surface area contributed by atoms with Gasteiger partial charge < -0.3 is 14.2 Å². The normalized spacial score (nSPS) is 13.2. The second-order valence-electron chi connectivity index (χ2n) is 7.06. The highest BCUT2D eigenvalue weighted by Crippen LogP contribution is 2.28. The molecule has 170 valence electrons. The number of hydrogen-bond acceptors (Lipinski definition) is 6. The highest BCUT2D eigenvalue weighted by Gasteiger charge is 2.18. The summed E-state index contributed by atoms with van der Waals surface area (Å²) in [6.07, 6.45) is 0.154. The molecule has 6 nitrogen and oxygen atoms in total. The summed E-state index contributed by atoms with van der Waals surface area (Å²) in [5.74, 6) is -0.238. The van der Waals surface area contributed by atoms with Crippen molar-refractivity contribution in [1.29, 1.82) is 0 Å². The molecule has 2 rings (SSSR count). The summed E-state index contributed by atoms with van der Waals surface area (Å²) in [5.41, 5.74) is 2.11. The van der Waals surface area contributed by atoms with Crippen LogP contribution >= 0.6 is 23.2 Å². The zero-order valence-corrected chi connectivity index (χ0v) is 19.6. The standard InChI is InChI=1S/C23H30Cl2N2O4/c1-16(28)31-12-11-19(18-9-10-20(24)21(25)13-18)14-26-23(17-7-5-4-6-8-17)27-15-22(29-2)30-3/h4-10,13,19,22-23,26-27H,11-12,14-15H2,1-3H3. The van der Waals surface area contributed by atoms with Crippen molar-refractivity contribution in [3.8, 4) is 0 Å². The van der Waals surface area contributed by atoms with E-state index in [0.717, 1.165) is 11.1 Å². The topological polar surface area (TPSA) is 68.8 Å². The zero-order valence-electron chi connectivity index (χ0n) is 18.1. The maximum atomic E-state index is 11.2. The number of esters is 1. The van der Waals surface area contributed by atoms with Gasteiger partial charge in [0, 0.05) is 34.2 Å². The SMILES string of the molecule is COC(CNC(NCC(CCOC(C)=O)c1ccc(Cl)c(Cl)c1)c1ccccc1)OC. The number of nitrogens with one attached hydrogen (secondary N) is 2. The maximum absolute atomic E-state index is 11.2. The van der Waals surface area contributed by atoms with Gasteiger partial charge in [-0.15, -0.1) is 0 Å². The molecule has 0 spiro atoms. The molecule has 0 bridgehead atoms. The van der Waals surface area contributed by atoms with Crippen molar-refractivity contribution < 1.29 is 19.0 Å². The van der Waals surface area contributed by atoms with Crippen LogP contribution < -0.4 is 10.6 Å². The van der Waals surface area contributed by atoms with Gasteiger partial charge >= 0.3 is 5.97 Å². The fourth-order valence-electron chi connectivity index (χ4n) is 3.19. The van der Waals surface area contributed by atoms with Crippen LogP contribution in [-0.2, 0) is 19.0 Å². The van der Waals surface area contributed by atoms with Crippen molar-refractivity contribution in [2.45, 2.75) is 31.7 Å². The number of ether oxygens (including phenoxy) is 3. The predicted molar refractivity (Wildman–Crippen MR) is 123 cm³/mol. The van der Waals surface area contributed by atoms with Gasteiger partial charge in [-0.25, -0.2) is 0 Å². The Kier molecular flexibility index (Phi) is 11.3. The first kappa shape index (κ1) is 25.6. The van der Waals surface area contributed by atoms with Gasteiger partial charge in [0.2, 0.25) is 0 Å². The molecule has 0 fully saturated rings. The van der Waals surface area contributed by atoms with E-state index in [1.165, 1.54) is 6.92 Å². The van der Waals surface area contributed by atoms with Gasteiger partial charge in [-0.2, -0.15) is 0 Å². The molecule has 2 unspecified atom stereocenters. The Hall–Kier alpha value is -1.67. The minimum atomic E-state index is -0.358. The van der Waals surface area contributed by atoms with Gasteiger partial charge in [0.25, 0.3) is 0 Å². The first-order valence-electron chi connectivity index (χ1n) is 10.1. The van der Waals surface area contributed by atoms with E-state index in [1.807, 2.05) is 42.5 Å². The number of hydrogen-bond donors (Lipinski definition) is 2. The molecule has 0 aliphatic heterocycles. The summed E-state index contributed by atoms with van der Waals surface area (Å²) in [6.45, 7) is 2.85. The van der Waals surface area contributed by atoms with Crippen molar-refractivity contribution in [2.24, 2.45) is 0 Å². The van der Waals surface area contributed by atoms with Crippen molar-refractivity contribution >= 4 is 29.2 Å². The van der Waals surface area contributed by atoms with Crippen LogP contribution in [0.15, 0.2) is 48.5 Å². The third-order valence-electron chi connectivity index (χ3n) is 4.90. The largest absolute Gasteiger partial charge is 0.466 e. The Balaban J connectivity index is 2.14. The molecule has 2 aromatic rings. The van der Waals surface area contributed by atoms with Crippen LogP contribution in [-0.4, -0.2) is 46.2 Å². The Morgan fingerprint density at radius 3 is 2.23 bits per heavy atom. The minimum Gasteiger partial charge on any atom is -0.466 e. The molecule has 0 heterocycles. The smallest absolute Gasteiger partial charge is 0.302 e. The summed E-state index contributed by atoms with van der Waals surface area (Å²) in [7, 11) is 3.21. The molecule has 0 amide bonds. The highest BCUT2D eigenvalue weighted by molar-refractivity contribution is 6.42. The fourth-order valence-corrected chi connectivity index (χ4v) is 3.49. The van der Waals surface area contributed by atoms with Crippen LogP contribution in [0.4, 0.5) is 0 Å². The van der Waals surface area contributed by atoms with Crippen LogP contribution in [0, 0.1) is 0 Å². The van der Waals surface area contributed by atoms with Crippen molar-refractivity contribution in [2.75, 3.05) is 33.9 Å². The van der Waals surface area contributed by atoms with E-state index in [0.29, 0.717) is 36.2 Å². The average molecular weight is 469 g/mol. The van der Waals surface area contributed by atoms with Crippen LogP contribution in [0.3, 0.4) is 0 Å². The fraction of sp³-hybridized carbons (Fsp3) is 0.435. The summed E-state index contributed by atoms with van der Waals surface area (Å²) in [4.78, 5) is 11.2. The molecule has 2 atom stereocenters. The maximum Gasteiger partial charge on any atom is 0.302 e. The van der Waals surface area contributed by atoms with Gasteiger partial charge in [0.05, 0.1) is 22.8 Å². The van der Waals surface area contributed by atoms with Crippen LogP contribution in [0.2, 0.25) is 10.0 Å². The molecular formula is C23H30Cl2N2O4. The highest BCUT2D eigenvalue weighted by atomic mass is 35.5. The number of halogens is 2. The Bertz CT molecular complexity index is 803. The molecule has 0 aliphatic carbocycles. The van der Waals surface area contributed by atoms with E-state index in [-0.39, 0.29) is 24.3 Å². The van der Waals surface area contributed by atoms with Crippen molar-refractivity contribution in [3.05, 3.63) is 69.7 Å². The molecule has 0 saturated carbocycles. The van der Waals surface area contributed by atoms with Gasteiger partial charge in [-0.05, 0) is 35.6 Å². The van der Waals surface area contributed by atoms with Gasteiger partial charge in [-0.1, -0.05) is 59.6 Å². The van der Waals surface area contributed by atoms with E-state index in [9.17, 15) is 4.79 Å². The molecule has 0 saturated heterocycles. The summed E-state index contributed by atoms with van der Waals surface area (Å²) >= 11 is 12.3. The van der Waals surface area contributed by atoms with E-state index in [4.69, 9.17) is 37.4 Å². The lowest BCUT2D eigenvalue weighted by Gasteiger charge is -2.26. The lowest BCUT2D eigenvalue weighted by Crippen LogP contribution is -2.41. The van der Waals surface area contributed by atoms with Crippen LogP contribution in [0.1, 0.15) is 36.6 Å². The Labute approximate surface area is 194 Å². The van der Waals surface area contributed by atoms with E-state index >= 15 is 0 Å². The molecular weight excluding hydrogens is 439 g/mol. The zero-order chi connectivity index (χ0) is 22.6. The van der Waals surface area contributed by atoms with Gasteiger partial charge in [0.15, 0.2) is 6.29 Å². The number of methoxy groups -OCH3 is 2. The molecule has 0 aromatic heterocycles. The molecule has 2 N–H and O–H groups in total. The summed E-state index contributed by atoms with van der Waals surface area (Å²) < 4.78 is 15.8. The van der Waals surface area contributed by atoms with Gasteiger partial charge in [-0.3, -0.25) is 15.4 Å². The molecule has 8 heteroatoms. The summed E-state index contributed by atoms with van der Waals surface area (Å²) in [5, 5.41) is 8.02. The monoisotopic (exact) mass is 468 g/mol. The first-order valence-corrected chi connectivity index (χ1v) is 10.9. The number of carbonyl (C=O) groups is 1. The second-order valence-corrected chi connectivity index (χ2v) is 7.87. The predicted octanol–water partition coefficient (Wildman–Crippen LogP) is 4.53. The van der Waals surface area contributed by atoms with Crippen LogP contribution in [0.25, 0.3) is 0 Å². The van der Waals surface area contributed by atoms with E-state index < -0.39 is 0 Å². The number of rotatable bonds is 13. The molecule has 0 aliphatic rings. The minimum absolute atomic E-state index is 0.0581. The number of carbonyl (C=O) groups excluding carboxylic acids is 1. The van der Waals surface area contributed by atoms with Crippen molar-refractivity contribution in [1.82, 2.24) is 10.6 Å². The Morgan fingerprint density at radius 2 is 1.61 bits per heavy atom. The second kappa shape index (κ2) is 13.7. The molecule has 0 radical (unpaired) electrons. The first-order chi connectivity index (χ1) is 14.9. The molecule has 2 aromatic carbocycles. The third-order valence-corrected chi connectivity index (χ3v) is 5.64. The van der Waals surface area contributed by atoms with E-state index in [2.05, 4.69) is 10.6 Å². The van der Waals surface area contributed by atoms with E-state index in [1.54, 1.807) is 20.3 Å². The van der Waals surface area contributed by atoms with Crippen molar-refractivity contribution in [3.63, 3.8) is 0 Å². The lowest BCUT2D eigenvalue weighted by atomic mass is 9.95.